The molecule has 0 aliphatic heterocycles. The third kappa shape index (κ3) is 7.63. The maximum absolute atomic E-state index is 14.0. The Labute approximate surface area is 207 Å². The van der Waals surface area contributed by atoms with Crippen molar-refractivity contribution in [3.8, 4) is 11.5 Å². The lowest BCUT2D eigenvalue weighted by molar-refractivity contribution is -0.175. The molecule has 3 aromatic carbocycles. The number of ether oxygens (including phenoxy) is 2. The first-order valence-electron chi connectivity index (χ1n) is 10.8. The standard InChI is InChI=1S/C25H21F6N3O3/c1-14(33-24(35)25(29,30)31)23(13-36-22-9-4-17(27)11-20(22)28)37-19-7-8-21(15(10-19)12-32)34-18-5-2-16(26)3-6-18/h2-12,14,23,32,34H,13H2,1H3,(H,33,35). The van der Waals surface area contributed by atoms with Crippen molar-refractivity contribution >= 4 is 23.5 Å². The van der Waals surface area contributed by atoms with Gasteiger partial charge in [0, 0.05) is 29.2 Å². The number of alkyl halides is 3. The SMILES string of the molecule is CC(NC(=O)C(F)(F)F)C(COc1ccc(F)cc1F)Oc1ccc(Nc2ccc(F)cc2)c(C=N)c1. The molecule has 12 heteroatoms. The molecule has 2 unspecified atom stereocenters. The quantitative estimate of drug-likeness (QED) is 0.233. The van der Waals surface area contributed by atoms with Gasteiger partial charge < -0.3 is 25.5 Å². The van der Waals surface area contributed by atoms with E-state index < -0.39 is 48.3 Å². The number of rotatable bonds is 10. The van der Waals surface area contributed by atoms with E-state index in [1.807, 2.05) is 0 Å². The van der Waals surface area contributed by atoms with Crippen LogP contribution in [-0.4, -0.2) is 37.1 Å². The number of anilines is 2. The predicted molar refractivity (Wildman–Crippen MR) is 124 cm³/mol. The molecule has 3 N–H and O–H groups in total. The number of halogens is 6. The Balaban J connectivity index is 1.81. The minimum atomic E-state index is -5.15. The van der Waals surface area contributed by atoms with Crippen molar-refractivity contribution in [1.29, 1.82) is 5.41 Å². The summed E-state index contributed by atoms with van der Waals surface area (Å²) >= 11 is 0. The molecule has 2 atom stereocenters. The molecule has 1 amide bonds. The van der Waals surface area contributed by atoms with Crippen molar-refractivity contribution in [2.75, 3.05) is 11.9 Å². The highest BCUT2D eigenvalue weighted by molar-refractivity contribution is 5.88. The van der Waals surface area contributed by atoms with E-state index in [1.54, 1.807) is 5.32 Å². The van der Waals surface area contributed by atoms with Gasteiger partial charge in [-0.1, -0.05) is 0 Å². The van der Waals surface area contributed by atoms with E-state index in [1.165, 1.54) is 49.4 Å². The molecule has 0 saturated carbocycles. The van der Waals surface area contributed by atoms with Crippen LogP contribution in [0.4, 0.5) is 37.7 Å². The second-order valence-corrected chi connectivity index (χ2v) is 7.83. The lowest BCUT2D eigenvalue weighted by Gasteiger charge is -2.27. The number of amides is 1. The fourth-order valence-corrected chi connectivity index (χ4v) is 3.14. The van der Waals surface area contributed by atoms with Gasteiger partial charge in [0.15, 0.2) is 17.7 Å². The first-order valence-corrected chi connectivity index (χ1v) is 10.8. The Morgan fingerprint density at radius 2 is 1.68 bits per heavy atom. The fourth-order valence-electron chi connectivity index (χ4n) is 3.14. The van der Waals surface area contributed by atoms with Crippen molar-refractivity contribution in [3.05, 3.63) is 83.7 Å². The molecule has 6 nitrogen and oxygen atoms in total. The van der Waals surface area contributed by atoms with Gasteiger partial charge >= 0.3 is 12.1 Å². The van der Waals surface area contributed by atoms with Crippen LogP contribution in [0.5, 0.6) is 11.5 Å². The van der Waals surface area contributed by atoms with Crippen LogP contribution in [0.25, 0.3) is 0 Å². The van der Waals surface area contributed by atoms with Gasteiger partial charge in [0.2, 0.25) is 0 Å². The van der Waals surface area contributed by atoms with Gasteiger partial charge in [-0.2, -0.15) is 13.2 Å². The first kappa shape index (κ1) is 27.4. The summed E-state index contributed by atoms with van der Waals surface area (Å²) in [5.74, 6) is -4.79. The molecule has 0 bridgehead atoms. The monoisotopic (exact) mass is 525 g/mol. The minimum Gasteiger partial charge on any atom is -0.487 e. The van der Waals surface area contributed by atoms with E-state index in [4.69, 9.17) is 14.9 Å². The Kier molecular flexibility index (Phi) is 8.64. The summed E-state index contributed by atoms with van der Waals surface area (Å²) in [7, 11) is 0. The normalized spacial score (nSPS) is 12.8. The molecule has 0 aliphatic rings. The second-order valence-electron chi connectivity index (χ2n) is 7.83. The largest absolute Gasteiger partial charge is 0.487 e. The molecule has 0 fully saturated rings. The zero-order valence-electron chi connectivity index (χ0n) is 19.2. The average molecular weight is 525 g/mol. The maximum Gasteiger partial charge on any atom is 0.471 e. The van der Waals surface area contributed by atoms with E-state index in [0.29, 0.717) is 23.0 Å². The van der Waals surface area contributed by atoms with Crippen molar-refractivity contribution in [2.24, 2.45) is 0 Å². The Hall–Kier alpha value is -4.22. The molecular weight excluding hydrogens is 504 g/mol. The lowest BCUT2D eigenvalue weighted by atomic mass is 10.1. The summed E-state index contributed by atoms with van der Waals surface area (Å²) in [6, 6.07) is 11.1. The third-order valence-electron chi connectivity index (χ3n) is 5.06. The molecule has 3 aromatic rings. The summed E-state index contributed by atoms with van der Waals surface area (Å²) in [5.41, 5.74) is 1.31. The highest BCUT2D eigenvalue weighted by atomic mass is 19.4. The number of hydrogen-bond donors (Lipinski definition) is 3. The fraction of sp³-hybridized carbons (Fsp3) is 0.200. The molecular formula is C25H21F6N3O3. The summed E-state index contributed by atoms with van der Waals surface area (Å²) in [6.45, 7) is 0.720. The number of carbonyl (C=O) groups excluding carboxylic acids is 1. The van der Waals surface area contributed by atoms with Crippen molar-refractivity contribution in [3.63, 3.8) is 0 Å². The van der Waals surface area contributed by atoms with Crippen LogP contribution in [0.1, 0.15) is 12.5 Å². The van der Waals surface area contributed by atoms with Gasteiger partial charge in [0.05, 0.1) is 6.04 Å². The highest BCUT2D eigenvalue weighted by Crippen LogP contribution is 2.26. The zero-order chi connectivity index (χ0) is 27.2. The van der Waals surface area contributed by atoms with E-state index >= 15 is 0 Å². The second kappa shape index (κ2) is 11.7. The van der Waals surface area contributed by atoms with E-state index in [-0.39, 0.29) is 11.5 Å². The van der Waals surface area contributed by atoms with Crippen LogP contribution in [0.2, 0.25) is 0 Å². The van der Waals surface area contributed by atoms with Gasteiger partial charge in [0.25, 0.3) is 0 Å². The minimum absolute atomic E-state index is 0.101. The van der Waals surface area contributed by atoms with Gasteiger partial charge in [-0.25, -0.2) is 13.2 Å². The average Bonchev–Trinajstić information content (AvgIpc) is 2.84. The van der Waals surface area contributed by atoms with Gasteiger partial charge in [0.1, 0.15) is 24.0 Å². The van der Waals surface area contributed by atoms with Crippen molar-refractivity contribution in [2.45, 2.75) is 25.2 Å². The maximum atomic E-state index is 14.0. The van der Waals surface area contributed by atoms with Gasteiger partial charge in [-0.15, -0.1) is 0 Å². The van der Waals surface area contributed by atoms with E-state index in [9.17, 15) is 31.1 Å². The zero-order valence-corrected chi connectivity index (χ0v) is 19.2. The highest BCUT2D eigenvalue weighted by Gasteiger charge is 2.40. The van der Waals surface area contributed by atoms with Crippen LogP contribution in [-0.2, 0) is 4.79 Å². The molecule has 196 valence electrons. The van der Waals surface area contributed by atoms with E-state index in [0.717, 1.165) is 18.3 Å². The summed E-state index contributed by atoms with van der Waals surface area (Å²) < 4.78 is 89.6. The summed E-state index contributed by atoms with van der Waals surface area (Å²) in [5, 5.41) is 12.5. The lowest BCUT2D eigenvalue weighted by Crippen LogP contribution is -2.50. The number of benzene rings is 3. The molecule has 0 spiro atoms. The Morgan fingerprint density at radius 1 is 1.00 bits per heavy atom. The molecule has 37 heavy (non-hydrogen) atoms. The number of carbonyl (C=O) groups is 1. The van der Waals surface area contributed by atoms with Crippen molar-refractivity contribution < 1.29 is 40.6 Å². The molecule has 0 saturated heterocycles. The van der Waals surface area contributed by atoms with Gasteiger partial charge in [-0.3, -0.25) is 4.79 Å². The van der Waals surface area contributed by atoms with Crippen LogP contribution in [0, 0.1) is 22.9 Å². The smallest absolute Gasteiger partial charge is 0.471 e. The predicted octanol–water partition coefficient (Wildman–Crippen LogP) is 5.74. The van der Waals surface area contributed by atoms with Crippen LogP contribution >= 0.6 is 0 Å². The number of nitrogens with one attached hydrogen (secondary N) is 3. The third-order valence-corrected chi connectivity index (χ3v) is 5.06. The number of hydrogen-bond acceptors (Lipinski definition) is 5. The van der Waals surface area contributed by atoms with Crippen LogP contribution < -0.4 is 20.1 Å². The Bertz CT molecular complexity index is 1250. The van der Waals surface area contributed by atoms with Crippen molar-refractivity contribution in [1.82, 2.24) is 5.32 Å². The molecule has 0 radical (unpaired) electrons. The van der Waals surface area contributed by atoms with Gasteiger partial charge in [-0.05, 0) is 61.5 Å². The molecule has 3 rings (SSSR count). The topological polar surface area (TPSA) is 83.4 Å². The van der Waals surface area contributed by atoms with Crippen LogP contribution in [0.3, 0.4) is 0 Å². The molecule has 0 heterocycles. The van der Waals surface area contributed by atoms with Crippen LogP contribution in [0.15, 0.2) is 60.7 Å². The molecule has 0 aliphatic carbocycles. The first-order chi connectivity index (χ1) is 17.5. The van der Waals surface area contributed by atoms with E-state index in [2.05, 4.69) is 5.32 Å². The molecule has 0 aromatic heterocycles. The summed E-state index contributed by atoms with van der Waals surface area (Å²) in [6.07, 6.45) is -5.42. The summed E-state index contributed by atoms with van der Waals surface area (Å²) in [4.78, 5) is 11.4. The Morgan fingerprint density at radius 3 is 2.30 bits per heavy atom.